The number of nitrogens with one attached hydrogen (secondary N) is 3. The van der Waals surface area contributed by atoms with Gasteiger partial charge in [0.25, 0.3) is 5.91 Å². The van der Waals surface area contributed by atoms with Crippen LogP contribution in [-0.4, -0.2) is 83.2 Å². The zero-order chi connectivity index (χ0) is 36.1. The smallest absolute Gasteiger partial charge is 0.408 e. The Kier molecular flexibility index (Phi) is 9.52. The molecule has 13 nitrogen and oxygen atoms in total. The number of sulfonamides is 1. The van der Waals surface area contributed by atoms with Crippen molar-refractivity contribution in [3.8, 4) is 5.88 Å². The molecule has 1 aromatic heterocycles. The highest BCUT2D eigenvalue weighted by Gasteiger charge is 2.62. The molecule has 266 valence electrons. The average Bonchev–Trinajstić information content (AvgIpc) is 3.91. The summed E-state index contributed by atoms with van der Waals surface area (Å²) in [6.07, 6.45) is 2.77. The lowest BCUT2D eigenvalue weighted by molar-refractivity contribution is -0.143. The van der Waals surface area contributed by atoms with Crippen molar-refractivity contribution in [2.45, 2.75) is 109 Å². The number of likely N-dealkylation sites (tertiary alicyclic amines) is 1. The summed E-state index contributed by atoms with van der Waals surface area (Å²) in [4.78, 5) is 60.7. The van der Waals surface area contributed by atoms with Crippen molar-refractivity contribution in [2.24, 2.45) is 11.3 Å². The average molecular weight is 698 g/mol. The molecule has 1 aromatic carbocycles. The van der Waals surface area contributed by atoms with Crippen LogP contribution in [-0.2, 0) is 29.1 Å². The van der Waals surface area contributed by atoms with Gasteiger partial charge in [-0.15, -0.1) is 6.58 Å². The van der Waals surface area contributed by atoms with Gasteiger partial charge in [0, 0.05) is 23.9 Å². The van der Waals surface area contributed by atoms with Gasteiger partial charge in [-0.2, -0.15) is 0 Å². The van der Waals surface area contributed by atoms with Crippen LogP contribution in [0, 0.1) is 18.3 Å². The molecule has 0 bridgehead atoms. The molecule has 2 aromatic rings. The SMILES string of the molecule is C=C[C@@H]1C[C@]1(NC(=O)[C@H]1C[C@@H](Oc2nccc3cccc(C)c23)CN1C(=O)[C@@H](NC(=O)OC(C)(C)C)C(C)(C)C)C(=O)NS(=O)(=O)C1CC1. The maximum atomic E-state index is 14.4. The van der Waals surface area contributed by atoms with E-state index in [-0.39, 0.29) is 19.4 Å². The number of carbonyl (C=O) groups is 4. The monoisotopic (exact) mass is 697 g/mol. The highest BCUT2D eigenvalue weighted by atomic mass is 32.2. The van der Waals surface area contributed by atoms with E-state index in [4.69, 9.17) is 9.47 Å². The van der Waals surface area contributed by atoms with E-state index >= 15 is 0 Å². The molecular weight excluding hydrogens is 650 g/mol. The zero-order valence-electron chi connectivity index (χ0n) is 29.2. The minimum atomic E-state index is -3.89. The van der Waals surface area contributed by atoms with E-state index in [1.807, 2.05) is 31.2 Å². The van der Waals surface area contributed by atoms with E-state index < -0.39 is 79.7 Å². The van der Waals surface area contributed by atoms with Crippen LogP contribution in [0.25, 0.3) is 10.8 Å². The van der Waals surface area contributed by atoms with Gasteiger partial charge in [0.2, 0.25) is 27.7 Å². The molecule has 49 heavy (non-hydrogen) atoms. The second-order valence-electron chi connectivity index (χ2n) is 15.4. The Labute approximate surface area is 287 Å². The number of fused-ring (bicyclic) bond motifs is 1. The highest BCUT2D eigenvalue weighted by Crippen LogP contribution is 2.45. The van der Waals surface area contributed by atoms with Gasteiger partial charge in [0.15, 0.2) is 0 Å². The molecule has 14 heteroatoms. The van der Waals surface area contributed by atoms with Gasteiger partial charge >= 0.3 is 6.09 Å². The summed E-state index contributed by atoms with van der Waals surface area (Å²) < 4.78 is 39.3. The molecule has 2 aliphatic carbocycles. The number of carbonyl (C=O) groups excluding carboxylic acids is 4. The molecule has 0 unspecified atom stereocenters. The van der Waals surface area contributed by atoms with Crippen molar-refractivity contribution in [1.29, 1.82) is 0 Å². The first-order chi connectivity index (χ1) is 22.8. The fourth-order valence-electron chi connectivity index (χ4n) is 6.25. The zero-order valence-corrected chi connectivity index (χ0v) is 30.0. The molecule has 2 heterocycles. The third-order valence-corrected chi connectivity index (χ3v) is 10.9. The van der Waals surface area contributed by atoms with E-state index in [9.17, 15) is 27.6 Å². The maximum Gasteiger partial charge on any atom is 0.408 e. The van der Waals surface area contributed by atoms with Gasteiger partial charge in [0.05, 0.1) is 11.8 Å². The number of hydrogen-bond acceptors (Lipinski definition) is 9. The second kappa shape index (κ2) is 12.9. The molecule has 5 atom stereocenters. The summed E-state index contributed by atoms with van der Waals surface area (Å²) in [6.45, 7) is 16.2. The minimum Gasteiger partial charge on any atom is -0.472 e. The number of rotatable bonds is 10. The number of aryl methyl sites for hydroxylation is 1. The fourth-order valence-corrected chi connectivity index (χ4v) is 7.62. The number of hydrogen-bond donors (Lipinski definition) is 3. The Balaban J connectivity index is 1.45. The number of benzene rings is 1. The van der Waals surface area contributed by atoms with E-state index in [1.165, 1.54) is 11.0 Å². The number of alkyl carbamates (subject to hydrolysis) is 1. The minimum absolute atomic E-state index is 0.0242. The molecular formula is C35H47N5O8S. The normalized spacial score (nSPS) is 24.5. The maximum absolute atomic E-state index is 14.4. The molecule has 0 radical (unpaired) electrons. The number of pyridine rings is 1. The standard InChI is InChI=1S/C35H47N5O8S/c1-9-22-18-35(22,31(43)39-49(45,46)24-13-14-24)38-28(41)25-17-23(47-29-26-20(2)11-10-12-21(26)15-16-36-29)19-40(25)30(42)27(33(3,4)5)37-32(44)48-34(6,7)8/h9-12,15-16,22-25,27H,1,13-14,17-19H2,2-8H3,(H,37,44)(H,38,41)(H,39,43)/t22-,23-,25-,27-,35-/m1/s1. The van der Waals surface area contributed by atoms with Crippen molar-refractivity contribution in [3.63, 3.8) is 0 Å². The van der Waals surface area contributed by atoms with Crippen molar-refractivity contribution in [3.05, 3.63) is 48.7 Å². The van der Waals surface area contributed by atoms with Crippen LogP contribution in [0.4, 0.5) is 4.79 Å². The van der Waals surface area contributed by atoms with Gasteiger partial charge in [0.1, 0.15) is 29.3 Å². The van der Waals surface area contributed by atoms with Gasteiger partial charge in [-0.05, 0) is 69.4 Å². The fraction of sp³-hybridized carbons (Fsp3) is 0.571. The number of amides is 4. The summed E-state index contributed by atoms with van der Waals surface area (Å²) in [5, 5.41) is 6.57. The topological polar surface area (TPSA) is 173 Å². The first-order valence-corrected chi connectivity index (χ1v) is 18.1. The lowest BCUT2D eigenvalue weighted by atomic mass is 9.85. The largest absolute Gasteiger partial charge is 0.472 e. The summed E-state index contributed by atoms with van der Waals surface area (Å²) in [5.41, 5.74) is -2.22. The van der Waals surface area contributed by atoms with E-state index in [0.29, 0.717) is 18.7 Å². The van der Waals surface area contributed by atoms with E-state index in [1.54, 1.807) is 47.7 Å². The Morgan fingerprint density at radius 3 is 2.39 bits per heavy atom. The van der Waals surface area contributed by atoms with E-state index in [2.05, 4.69) is 26.9 Å². The summed E-state index contributed by atoms with van der Waals surface area (Å²) >= 11 is 0. The summed E-state index contributed by atoms with van der Waals surface area (Å²) in [5.74, 6) is -2.20. The molecule has 0 spiro atoms. The Morgan fingerprint density at radius 1 is 1.10 bits per heavy atom. The van der Waals surface area contributed by atoms with Crippen LogP contribution in [0.2, 0.25) is 0 Å². The lowest BCUT2D eigenvalue weighted by Gasteiger charge is -2.36. The third kappa shape index (κ3) is 7.84. The molecule has 3 fully saturated rings. The van der Waals surface area contributed by atoms with Crippen molar-refractivity contribution < 1.29 is 37.1 Å². The van der Waals surface area contributed by atoms with Crippen LogP contribution in [0.3, 0.4) is 0 Å². The lowest BCUT2D eigenvalue weighted by Crippen LogP contribution is -2.60. The van der Waals surface area contributed by atoms with Crippen molar-refractivity contribution in [1.82, 2.24) is 25.2 Å². The molecule has 5 rings (SSSR count). The number of nitrogens with zero attached hydrogens (tertiary/aromatic N) is 2. The predicted octanol–water partition coefficient (Wildman–Crippen LogP) is 3.50. The Bertz CT molecular complexity index is 1770. The third-order valence-electron chi connectivity index (χ3n) is 9.11. The van der Waals surface area contributed by atoms with Crippen LogP contribution in [0.5, 0.6) is 5.88 Å². The summed E-state index contributed by atoms with van der Waals surface area (Å²) in [6, 6.07) is 5.44. The van der Waals surface area contributed by atoms with Gasteiger partial charge in [-0.25, -0.2) is 18.2 Å². The highest BCUT2D eigenvalue weighted by molar-refractivity contribution is 7.91. The second-order valence-corrected chi connectivity index (χ2v) is 17.4. The molecule has 1 saturated heterocycles. The van der Waals surface area contributed by atoms with Gasteiger partial charge < -0.3 is 25.0 Å². The van der Waals surface area contributed by atoms with Crippen molar-refractivity contribution in [2.75, 3.05) is 6.54 Å². The quantitative estimate of drug-likeness (QED) is 0.314. The molecule has 4 amide bonds. The van der Waals surface area contributed by atoms with Crippen molar-refractivity contribution >= 4 is 44.6 Å². The Morgan fingerprint density at radius 2 is 1.80 bits per heavy atom. The molecule has 1 aliphatic heterocycles. The van der Waals surface area contributed by atoms with Crippen LogP contribution >= 0.6 is 0 Å². The first-order valence-electron chi connectivity index (χ1n) is 16.6. The van der Waals surface area contributed by atoms with Crippen LogP contribution in [0.1, 0.15) is 72.8 Å². The van der Waals surface area contributed by atoms with Crippen LogP contribution in [0.15, 0.2) is 43.1 Å². The molecule has 3 N–H and O–H groups in total. The molecule has 2 saturated carbocycles. The number of aromatic nitrogens is 1. The van der Waals surface area contributed by atoms with Gasteiger partial charge in [-0.3, -0.25) is 19.1 Å². The predicted molar refractivity (Wildman–Crippen MR) is 183 cm³/mol. The van der Waals surface area contributed by atoms with Gasteiger partial charge in [-0.1, -0.05) is 45.0 Å². The number of ether oxygens (including phenoxy) is 2. The first kappa shape index (κ1) is 36.1. The summed E-state index contributed by atoms with van der Waals surface area (Å²) in [7, 11) is -3.89. The van der Waals surface area contributed by atoms with E-state index in [0.717, 1.165) is 16.3 Å². The molecule has 3 aliphatic rings. The van der Waals surface area contributed by atoms with Crippen LogP contribution < -0.4 is 20.1 Å². The Hall–Kier alpha value is -4.20.